The Balaban J connectivity index is 1.90. The fourth-order valence-electron chi connectivity index (χ4n) is 3.28. The molecule has 2 fully saturated rings. The molecule has 2 aliphatic rings. The summed E-state index contributed by atoms with van der Waals surface area (Å²) in [4.78, 5) is 3.64. The van der Waals surface area contributed by atoms with Gasteiger partial charge in [0.2, 0.25) is 10.0 Å². The molecule has 0 bridgehead atoms. The summed E-state index contributed by atoms with van der Waals surface area (Å²) in [5, 5.41) is 1.89. The number of sulfonamides is 1. The Kier molecular flexibility index (Phi) is 3.89. The third kappa shape index (κ3) is 2.31. The predicted molar refractivity (Wildman–Crippen MR) is 80.3 cm³/mol. The lowest BCUT2D eigenvalue weighted by atomic mass is 10.2. The molecule has 2 N–H and O–H groups in total. The van der Waals surface area contributed by atoms with E-state index in [4.69, 9.17) is 5.73 Å². The second-order valence-electron chi connectivity index (χ2n) is 5.57. The quantitative estimate of drug-likeness (QED) is 0.903. The van der Waals surface area contributed by atoms with Gasteiger partial charge in [-0.05, 0) is 37.3 Å². The van der Waals surface area contributed by atoms with Crippen molar-refractivity contribution in [1.82, 2.24) is 9.21 Å². The number of hydrogen-bond acceptors (Lipinski definition) is 5. The average molecular weight is 315 g/mol. The van der Waals surface area contributed by atoms with Crippen LogP contribution in [0.3, 0.4) is 0 Å². The first kappa shape index (κ1) is 14.5. The van der Waals surface area contributed by atoms with Gasteiger partial charge in [0.05, 0.1) is 0 Å². The summed E-state index contributed by atoms with van der Waals surface area (Å²) in [5.74, 6) is 0. The van der Waals surface area contributed by atoms with Crippen LogP contribution in [-0.2, 0) is 16.6 Å². The number of fused-ring (bicyclic) bond motifs is 1. The molecule has 5 nitrogen and oxygen atoms in total. The van der Waals surface area contributed by atoms with Crippen LogP contribution >= 0.6 is 11.3 Å². The SMILES string of the molecule is Cc1csc(CN)c1S(=O)(=O)N1CCN2CCCC2C1. The zero-order valence-corrected chi connectivity index (χ0v) is 13.3. The molecule has 2 aliphatic heterocycles. The molecule has 2 saturated heterocycles. The van der Waals surface area contributed by atoms with E-state index in [1.165, 1.54) is 17.8 Å². The highest BCUT2D eigenvalue weighted by molar-refractivity contribution is 7.89. The van der Waals surface area contributed by atoms with Crippen LogP contribution in [0.25, 0.3) is 0 Å². The fourth-order valence-corrected chi connectivity index (χ4v) is 6.41. The average Bonchev–Trinajstić information content (AvgIpc) is 3.03. The molecule has 0 aromatic carbocycles. The van der Waals surface area contributed by atoms with E-state index in [0.29, 0.717) is 24.0 Å². The lowest BCUT2D eigenvalue weighted by molar-refractivity contribution is 0.158. The zero-order chi connectivity index (χ0) is 14.3. The Morgan fingerprint density at radius 2 is 2.20 bits per heavy atom. The first-order valence-corrected chi connectivity index (χ1v) is 9.37. The Morgan fingerprint density at radius 1 is 1.40 bits per heavy atom. The Bertz CT molecular complexity index is 597. The summed E-state index contributed by atoms with van der Waals surface area (Å²) in [6.45, 7) is 5.33. The maximum Gasteiger partial charge on any atom is 0.244 e. The summed E-state index contributed by atoms with van der Waals surface area (Å²) < 4.78 is 27.5. The van der Waals surface area contributed by atoms with E-state index in [-0.39, 0.29) is 6.54 Å². The molecular weight excluding hydrogens is 294 g/mol. The van der Waals surface area contributed by atoms with Crippen molar-refractivity contribution < 1.29 is 8.42 Å². The molecule has 112 valence electrons. The van der Waals surface area contributed by atoms with E-state index in [9.17, 15) is 8.42 Å². The van der Waals surface area contributed by atoms with Gasteiger partial charge in [-0.3, -0.25) is 4.90 Å². The number of aryl methyl sites for hydroxylation is 1. The van der Waals surface area contributed by atoms with Crippen LogP contribution in [0.1, 0.15) is 23.3 Å². The Hall–Kier alpha value is -0.470. The predicted octanol–water partition coefficient (Wildman–Crippen LogP) is 0.984. The minimum atomic E-state index is -3.39. The molecule has 0 saturated carbocycles. The van der Waals surface area contributed by atoms with Crippen molar-refractivity contribution >= 4 is 21.4 Å². The third-order valence-corrected chi connectivity index (χ3v) is 7.67. The van der Waals surface area contributed by atoms with Gasteiger partial charge in [0, 0.05) is 37.1 Å². The van der Waals surface area contributed by atoms with Crippen molar-refractivity contribution in [3.8, 4) is 0 Å². The van der Waals surface area contributed by atoms with Gasteiger partial charge in [0.15, 0.2) is 0 Å². The molecule has 0 amide bonds. The van der Waals surface area contributed by atoms with Crippen LogP contribution < -0.4 is 5.73 Å². The van der Waals surface area contributed by atoms with Gasteiger partial charge in [-0.2, -0.15) is 4.31 Å². The van der Waals surface area contributed by atoms with E-state index in [2.05, 4.69) is 4.90 Å². The van der Waals surface area contributed by atoms with Crippen molar-refractivity contribution in [1.29, 1.82) is 0 Å². The van der Waals surface area contributed by atoms with Crippen molar-refractivity contribution in [2.24, 2.45) is 5.73 Å². The van der Waals surface area contributed by atoms with Crippen LogP contribution in [0.2, 0.25) is 0 Å². The summed E-state index contributed by atoms with van der Waals surface area (Å²) >= 11 is 1.45. The highest BCUT2D eigenvalue weighted by atomic mass is 32.2. The van der Waals surface area contributed by atoms with Gasteiger partial charge < -0.3 is 5.73 Å². The van der Waals surface area contributed by atoms with Gasteiger partial charge in [0.1, 0.15) is 4.90 Å². The van der Waals surface area contributed by atoms with Gasteiger partial charge in [-0.25, -0.2) is 8.42 Å². The molecule has 0 spiro atoms. The number of piperazine rings is 1. The fraction of sp³-hybridized carbons (Fsp3) is 0.692. The van der Waals surface area contributed by atoms with Gasteiger partial charge in [0.25, 0.3) is 0 Å². The molecular formula is C13H21N3O2S2. The van der Waals surface area contributed by atoms with E-state index < -0.39 is 10.0 Å². The van der Waals surface area contributed by atoms with Crippen LogP contribution in [-0.4, -0.2) is 49.8 Å². The molecule has 3 heterocycles. The van der Waals surface area contributed by atoms with Crippen LogP contribution in [0, 0.1) is 6.92 Å². The molecule has 7 heteroatoms. The Morgan fingerprint density at radius 3 is 2.95 bits per heavy atom. The third-order valence-electron chi connectivity index (χ3n) is 4.32. The number of hydrogen-bond donors (Lipinski definition) is 1. The van der Waals surface area contributed by atoms with Gasteiger partial charge in [-0.1, -0.05) is 0 Å². The monoisotopic (exact) mass is 315 g/mol. The lowest BCUT2D eigenvalue weighted by Gasteiger charge is -2.36. The maximum absolute atomic E-state index is 12.9. The van der Waals surface area contributed by atoms with Gasteiger partial charge >= 0.3 is 0 Å². The van der Waals surface area contributed by atoms with Crippen molar-refractivity contribution in [2.75, 3.05) is 26.2 Å². The molecule has 1 aromatic heterocycles. The lowest BCUT2D eigenvalue weighted by Crippen LogP contribution is -2.52. The van der Waals surface area contributed by atoms with Crippen molar-refractivity contribution in [3.63, 3.8) is 0 Å². The molecule has 0 radical (unpaired) electrons. The highest BCUT2D eigenvalue weighted by Gasteiger charge is 2.37. The second-order valence-corrected chi connectivity index (χ2v) is 8.41. The molecule has 1 unspecified atom stereocenters. The van der Waals surface area contributed by atoms with E-state index in [1.807, 2.05) is 12.3 Å². The molecule has 3 rings (SSSR count). The first-order valence-electron chi connectivity index (χ1n) is 7.05. The van der Waals surface area contributed by atoms with Crippen LogP contribution in [0.15, 0.2) is 10.3 Å². The number of rotatable bonds is 3. The normalized spacial score (nSPS) is 25.0. The molecule has 1 atom stereocenters. The maximum atomic E-state index is 12.9. The van der Waals surface area contributed by atoms with Crippen molar-refractivity contribution in [2.45, 2.75) is 37.2 Å². The van der Waals surface area contributed by atoms with Crippen LogP contribution in [0.4, 0.5) is 0 Å². The second kappa shape index (κ2) is 5.38. The zero-order valence-electron chi connectivity index (χ0n) is 11.7. The number of nitrogens with zero attached hydrogens (tertiary/aromatic N) is 2. The van der Waals surface area contributed by atoms with Crippen molar-refractivity contribution in [3.05, 3.63) is 15.8 Å². The van der Waals surface area contributed by atoms with E-state index >= 15 is 0 Å². The summed E-state index contributed by atoms with van der Waals surface area (Å²) in [7, 11) is -3.39. The van der Waals surface area contributed by atoms with Crippen LogP contribution in [0.5, 0.6) is 0 Å². The summed E-state index contributed by atoms with van der Waals surface area (Å²) in [6, 6.07) is 0.402. The number of thiophene rings is 1. The summed E-state index contributed by atoms with van der Waals surface area (Å²) in [5.41, 5.74) is 6.52. The minimum absolute atomic E-state index is 0.288. The Labute approximate surface area is 124 Å². The molecule has 1 aromatic rings. The number of nitrogens with two attached hydrogens (primary N) is 1. The molecule has 0 aliphatic carbocycles. The standard InChI is InChI=1S/C13H21N3O2S2/c1-10-9-19-12(7-14)13(10)20(17,18)16-6-5-15-4-2-3-11(15)8-16/h9,11H,2-8,14H2,1H3. The molecule has 20 heavy (non-hydrogen) atoms. The highest BCUT2D eigenvalue weighted by Crippen LogP contribution is 2.31. The topological polar surface area (TPSA) is 66.6 Å². The largest absolute Gasteiger partial charge is 0.326 e. The van der Waals surface area contributed by atoms with Gasteiger partial charge in [-0.15, -0.1) is 11.3 Å². The first-order chi connectivity index (χ1) is 9.54. The summed E-state index contributed by atoms with van der Waals surface area (Å²) in [6.07, 6.45) is 2.29. The van der Waals surface area contributed by atoms with E-state index in [0.717, 1.165) is 30.0 Å². The minimum Gasteiger partial charge on any atom is -0.326 e. The van der Waals surface area contributed by atoms with E-state index in [1.54, 1.807) is 4.31 Å². The smallest absolute Gasteiger partial charge is 0.244 e.